The predicted molar refractivity (Wildman–Crippen MR) is 119 cm³/mol. The van der Waals surface area contributed by atoms with Crippen molar-refractivity contribution in [2.75, 3.05) is 5.32 Å². The van der Waals surface area contributed by atoms with Crippen LogP contribution in [0.1, 0.15) is 33.7 Å². The minimum atomic E-state index is -4.35. The van der Waals surface area contributed by atoms with Crippen molar-refractivity contribution in [2.45, 2.75) is 39.4 Å². The van der Waals surface area contributed by atoms with E-state index >= 15 is 0 Å². The van der Waals surface area contributed by atoms with Crippen LogP contribution in [0.25, 0.3) is 10.6 Å². The van der Waals surface area contributed by atoms with Crippen LogP contribution in [-0.2, 0) is 23.9 Å². The maximum atomic E-state index is 12.7. The molecule has 0 spiro atoms. The quantitative estimate of drug-likeness (QED) is 0.464. The topological polar surface area (TPSA) is 62.2 Å². The molecule has 2 N–H and O–H groups in total. The molecule has 0 saturated carbocycles. The SMILES string of the molecule is Cc1cc(NCc2sc(-c3ccc(C(F)(F)F)cc3)nc2C)ccc1CCC(=O)O.[NaH]. The molecule has 0 saturated heterocycles. The molecule has 0 radical (unpaired) electrons. The molecule has 2 aromatic carbocycles. The molecule has 31 heavy (non-hydrogen) atoms. The van der Waals surface area contributed by atoms with Crippen LogP contribution in [0.5, 0.6) is 0 Å². The Bertz CT molecular complexity index is 1050. The number of carbonyl (C=O) groups is 1. The molecule has 0 aliphatic heterocycles. The number of aromatic nitrogens is 1. The van der Waals surface area contributed by atoms with Crippen molar-refractivity contribution in [3.8, 4) is 10.6 Å². The number of carboxylic acid groups (broad SMARTS) is 1. The number of halogens is 3. The van der Waals surface area contributed by atoms with E-state index in [1.807, 2.05) is 32.0 Å². The number of alkyl halides is 3. The fourth-order valence-electron chi connectivity index (χ4n) is 3.03. The standard InChI is InChI=1S/C22H21F3N2O2S.Na.H/c1-13-11-18(9-5-15(13)6-10-20(28)29)26-12-19-14(2)27-21(30-19)16-3-7-17(8-4-16)22(23,24)25;;/h3-5,7-9,11,26H,6,10,12H2,1-2H3,(H,28,29);;. The van der Waals surface area contributed by atoms with Gasteiger partial charge in [0.1, 0.15) is 5.01 Å². The van der Waals surface area contributed by atoms with Crippen molar-refractivity contribution >= 4 is 52.6 Å². The van der Waals surface area contributed by atoms with E-state index in [9.17, 15) is 18.0 Å². The van der Waals surface area contributed by atoms with Crippen molar-refractivity contribution in [1.29, 1.82) is 0 Å². The fraction of sp³-hybridized carbons (Fsp3) is 0.273. The number of thiazole rings is 1. The number of hydrogen-bond donors (Lipinski definition) is 2. The van der Waals surface area contributed by atoms with Gasteiger partial charge in [-0.05, 0) is 55.7 Å². The Morgan fingerprint density at radius 3 is 2.39 bits per heavy atom. The van der Waals surface area contributed by atoms with Crippen molar-refractivity contribution in [2.24, 2.45) is 0 Å². The zero-order valence-electron chi connectivity index (χ0n) is 16.5. The van der Waals surface area contributed by atoms with Crippen LogP contribution in [0.3, 0.4) is 0 Å². The van der Waals surface area contributed by atoms with Gasteiger partial charge in [-0.25, -0.2) is 4.98 Å². The molecule has 0 aliphatic carbocycles. The Balaban J connectivity index is 0.00000341. The number of aliphatic carboxylic acids is 1. The summed E-state index contributed by atoms with van der Waals surface area (Å²) in [6.07, 6.45) is -3.76. The molecule has 160 valence electrons. The van der Waals surface area contributed by atoms with Gasteiger partial charge in [-0.2, -0.15) is 13.2 Å². The van der Waals surface area contributed by atoms with Gasteiger partial charge >= 0.3 is 41.7 Å². The molecule has 0 unspecified atom stereocenters. The van der Waals surface area contributed by atoms with Crippen molar-refractivity contribution in [3.63, 3.8) is 0 Å². The molecular weight excluding hydrogens is 436 g/mol. The first-order valence-electron chi connectivity index (χ1n) is 9.32. The van der Waals surface area contributed by atoms with Crippen molar-refractivity contribution in [3.05, 3.63) is 69.7 Å². The van der Waals surface area contributed by atoms with Gasteiger partial charge in [-0.3, -0.25) is 4.79 Å². The number of hydrogen-bond acceptors (Lipinski definition) is 4. The number of anilines is 1. The Morgan fingerprint density at radius 2 is 1.81 bits per heavy atom. The molecule has 0 aliphatic rings. The summed E-state index contributed by atoms with van der Waals surface area (Å²) in [7, 11) is 0. The van der Waals surface area contributed by atoms with Gasteiger partial charge in [0.15, 0.2) is 0 Å². The third kappa shape index (κ3) is 6.80. The third-order valence-electron chi connectivity index (χ3n) is 4.76. The zero-order chi connectivity index (χ0) is 21.9. The van der Waals surface area contributed by atoms with Crippen LogP contribution in [0.15, 0.2) is 42.5 Å². The summed E-state index contributed by atoms with van der Waals surface area (Å²) in [4.78, 5) is 16.2. The summed E-state index contributed by atoms with van der Waals surface area (Å²) >= 11 is 1.44. The summed E-state index contributed by atoms with van der Waals surface area (Å²) in [5.74, 6) is -0.818. The Kier molecular flexibility index (Phi) is 8.71. The molecule has 9 heteroatoms. The Morgan fingerprint density at radius 1 is 1.13 bits per heavy atom. The molecular formula is C22H22F3N2NaO2S. The van der Waals surface area contributed by atoms with E-state index in [0.717, 1.165) is 39.5 Å². The number of rotatable bonds is 7. The fourth-order valence-corrected chi connectivity index (χ4v) is 4.04. The number of nitrogens with zero attached hydrogens (tertiary/aromatic N) is 1. The van der Waals surface area contributed by atoms with Gasteiger partial charge < -0.3 is 10.4 Å². The van der Waals surface area contributed by atoms with E-state index in [4.69, 9.17) is 5.11 Å². The first kappa shape index (κ1) is 25.4. The summed E-state index contributed by atoms with van der Waals surface area (Å²) in [5.41, 5.74) is 3.74. The zero-order valence-corrected chi connectivity index (χ0v) is 17.3. The average molecular weight is 458 g/mol. The number of aryl methyl sites for hydroxylation is 3. The molecule has 0 amide bonds. The van der Waals surface area contributed by atoms with E-state index in [-0.39, 0.29) is 36.0 Å². The molecule has 1 aromatic heterocycles. The Hall–Kier alpha value is -1.87. The monoisotopic (exact) mass is 458 g/mol. The van der Waals surface area contributed by atoms with Gasteiger partial charge in [0, 0.05) is 22.5 Å². The molecule has 0 fully saturated rings. The van der Waals surface area contributed by atoms with Gasteiger partial charge in [-0.1, -0.05) is 18.2 Å². The third-order valence-corrected chi connectivity index (χ3v) is 5.96. The van der Waals surface area contributed by atoms with E-state index < -0.39 is 17.7 Å². The molecule has 3 aromatic rings. The number of benzene rings is 2. The van der Waals surface area contributed by atoms with Crippen LogP contribution >= 0.6 is 11.3 Å². The summed E-state index contributed by atoms with van der Waals surface area (Å²) in [6.45, 7) is 4.36. The van der Waals surface area contributed by atoms with Crippen LogP contribution in [-0.4, -0.2) is 45.6 Å². The molecule has 0 bridgehead atoms. The molecule has 1 heterocycles. The predicted octanol–water partition coefficient (Wildman–Crippen LogP) is 5.43. The Labute approximate surface area is 204 Å². The maximum absolute atomic E-state index is 12.7. The second-order valence-electron chi connectivity index (χ2n) is 6.99. The van der Waals surface area contributed by atoms with Crippen molar-refractivity contribution in [1.82, 2.24) is 4.98 Å². The normalized spacial score (nSPS) is 11.1. The first-order valence-corrected chi connectivity index (χ1v) is 10.1. The van der Waals surface area contributed by atoms with E-state index in [1.165, 1.54) is 23.5 Å². The van der Waals surface area contributed by atoms with Gasteiger partial charge in [-0.15, -0.1) is 11.3 Å². The number of carboxylic acids is 1. The summed E-state index contributed by atoms with van der Waals surface area (Å²) in [5, 5.41) is 12.8. The van der Waals surface area contributed by atoms with Gasteiger partial charge in [0.05, 0.1) is 17.8 Å². The average Bonchev–Trinajstić information content (AvgIpc) is 3.05. The van der Waals surface area contributed by atoms with Crippen LogP contribution in [0, 0.1) is 13.8 Å². The van der Waals surface area contributed by atoms with E-state index in [0.29, 0.717) is 23.5 Å². The van der Waals surface area contributed by atoms with Gasteiger partial charge in [0.2, 0.25) is 0 Å². The second kappa shape index (κ2) is 10.6. The first-order chi connectivity index (χ1) is 14.1. The molecule has 3 rings (SSSR count). The van der Waals surface area contributed by atoms with Crippen LogP contribution < -0.4 is 5.32 Å². The summed E-state index contributed by atoms with van der Waals surface area (Å²) < 4.78 is 38.2. The molecule has 4 nitrogen and oxygen atoms in total. The second-order valence-corrected chi connectivity index (χ2v) is 8.07. The van der Waals surface area contributed by atoms with E-state index in [1.54, 1.807) is 0 Å². The minimum absolute atomic E-state index is 0. The van der Waals surface area contributed by atoms with Crippen LogP contribution in [0.2, 0.25) is 0 Å². The van der Waals surface area contributed by atoms with E-state index in [2.05, 4.69) is 10.3 Å². The van der Waals surface area contributed by atoms with Gasteiger partial charge in [0.25, 0.3) is 0 Å². The molecule has 0 atom stereocenters. The van der Waals surface area contributed by atoms with Crippen molar-refractivity contribution < 1.29 is 23.1 Å². The van der Waals surface area contributed by atoms with Crippen LogP contribution in [0.4, 0.5) is 18.9 Å². The number of nitrogens with one attached hydrogen (secondary N) is 1. The summed E-state index contributed by atoms with van der Waals surface area (Å²) in [6, 6.07) is 10.8.